The van der Waals surface area contributed by atoms with Gasteiger partial charge >= 0.3 is 0 Å². The molecule has 0 fully saturated rings. The third kappa shape index (κ3) is 3.37. The van der Waals surface area contributed by atoms with Gasteiger partial charge in [0.15, 0.2) is 0 Å². The van der Waals surface area contributed by atoms with Crippen molar-refractivity contribution >= 4 is 23.2 Å². The summed E-state index contributed by atoms with van der Waals surface area (Å²) in [7, 11) is 0. The summed E-state index contributed by atoms with van der Waals surface area (Å²) in [5.41, 5.74) is 3.25. The van der Waals surface area contributed by atoms with Gasteiger partial charge in [0.05, 0.1) is 4.92 Å². The molecule has 0 atom stereocenters. The first kappa shape index (κ1) is 13.7. The monoisotopic (exact) mass is 276 g/mol. The molecule has 8 nitrogen and oxygen atoms in total. The van der Waals surface area contributed by atoms with Crippen LogP contribution in [0, 0.1) is 10.1 Å². The average Bonchev–Trinajstić information content (AvgIpc) is 2.46. The normalized spacial score (nSPS) is 14.2. The van der Waals surface area contributed by atoms with Crippen LogP contribution in [-0.4, -0.2) is 22.4 Å². The standard InChI is InChI=1S/C12H12N4O4/c17-11-6-5-10(14-15-11)12(18)13-7-8-1-3-9(4-2-8)16(19)20/h1-4H,5-7H2,(H,13,18)(H,15,17). The number of hydrogen-bond donors (Lipinski definition) is 2. The largest absolute Gasteiger partial charge is 0.347 e. The Morgan fingerprint density at radius 1 is 1.35 bits per heavy atom. The SMILES string of the molecule is O=C1CCC(C(=O)NCc2ccc([N+](=O)[O-])cc2)=NN1. The van der Waals surface area contributed by atoms with Gasteiger partial charge in [0.25, 0.3) is 11.6 Å². The van der Waals surface area contributed by atoms with Gasteiger partial charge in [-0.1, -0.05) is 12.1 Å². The molecule has 0 saturated heterocycles. The first-order valence-corrected chi connectivity index (χ1v) is 5.93. The summed E-state index contributed by atoms with van der Waals surface area (Å²) in [5.74, 6) is -0.569. The van der Waals surface area contributed by atoms with E-state index in [1.165, 1.54) is 12.1 Å². The Morgan fingerprint density at radius 2 is 2.05 bits per heavy atom. The maximum atomic E-state index is 11.8. The number of amides is 2. The molecule has 1 aromatic carbocycles. The molecule has 2 N–H and O–H groups in total. The highest BCUT2D eigenvalue weighted by atomic mass is 16.6. The van der Waals surface area contributed by atoms with Gasteiger partial charge in [0, 0.05) is 31.5 Å². The van der Waals surface area contributed by atoms with Crippen molar-refractivity contribution in [2.45, 2.75) is 19.4 Å². The number of hydrazone groups is 1. The minimum atomic E-state index is -0.484. The van der Waals surface area contributed by atoms with Gasteiger partial charge in [-0.25, -0.2) is 5.43 Å². The van der Waals surface area contributed by atoms with Gasteiger partial charge in [-0.05, 0) is 5.56 Å². The summed E-state index contributed by atoms with van der Waals surface area (Å²) < 4.78 is 0. The maximum Gasteiger partial charge on any atom is 0.269 e. The lowest BCUT2D eigenvalue weighted by molar-refractivity contribution is -0.384. The summed E-state index contributed by atoms with van der Waals surface area (Å²) in [4.78, 5) is 32.7. The van der Waals surface area contributed by atoms with E-state index in [0.717, 1.165) is 5.56 Å². The van der Waals surface area contributed by atoms with Crippen LogP contribution in [0.3, 0.4) is 0 Å². The Kier molecular flexibility index (Phi) is 4.04. The highest BCUT2D eigenvalue weighted by Crippen LogP contribution is 2.11. The number of carbonyl (C=O) groups is 2. The Hall–Kier alpha value is -2.77. The van der Waals surface area contributed by atoms with Crippen molar-refractivity contribution < 1.29 is 14.5 Å². The minimum Gasteiger partial charge on any atom is -0.347 e. The summed E-state index contributed by atoms with van der Waals surface area (Å²) >= 11 is 0. The second-order valence-electron chi connectivity index (χ2n) is 4.20. The molecule has 0 aromatic heterocycles. The van der Waals surface area contributed by atoms with Crippen molar-refractivity contribution in [1.82, 2.24) is 10.7 Å². The molecule has 1 heterocycles. The lowest BCUT2D eigenvalue weighted by Crippen LogP contribution is -2.36. The smallest absolute Gasteiger partial charge is 0.269 e. The van der Waals surface area contributed by atoms with E-state index in [0.29, 0.717) is 6.42 Å². The predicted molar refractivity (Wildman–Crippen MR) is 69.8 cm³/mol. The molecule has 0 radical (unpaired) electrons. The third-order valence-corrected chi connectivity index (χ3v) is 2.77. The van der Waals surface area contributed by atoms with E-state index in [4.69, 9.17) is 0 Å². The van der Waals surface area contributed by atoms with Gasteiger partial charge in [-0.15, -0.1) is 0 Å². The van der Waals surface area contributed by atoms with E-state index in [1.807, 2.05) is 0 Å². The van der Waals surface area contributed by atoms with Crippen LogP contribution in [-0.2, 0) is 16.1 Å². The molecule has 2 rings (SSSR count). The fourth-order valence-corrected chi connectivity index (χ4v) is 1.66. The van der Waals surface area contributed by atoms with Crippen LogP contribution >= 0.6 is 0 Å². The molecule has 0 spiro atoms. The maximum absolute atomic E-state index is 11.8. The molecule has 104 valence electrons. The fourth-order valence-electron chi connectivity index (χ4n) is 1.66. The van der Waals surface area contributed by atoms with Crippen molar-refractivity contribution in [3.63, 3.8) is 0 Å². The van der Waals surface area contributed by atoms with Crippen LogP contribution in [0.1, 0.15) is 18.4 Å². The van der Waals surface area contributed by atoms with Gasteiger partial charge in [0.1, 0.15) is 5.71 Å². The molecule has 1 aliphatic rings. The molecular formula is C12H12N4O4. The zero-order chi connectivity index (χ0) is 14.5. The molecule has 1 aromatic rings. The van der Waals surface area contributed by atoms with E-state index in [9.17, 15) is 19.7 Å². The number of hydrogen-bond acceptors (Lipinski definition) is 5. The zero-order valence-corrected chi connectivity index (χ0v) is 10.5. The zero-order valence-electron chi connectivity index (χ0n) is 10.5. The van der Waals surface area contributed by atoms with Crippen molar-refractivity contribution in [3.8, 4) is 0 Å². The predicted octanol–water partition coefficient (Wildman–Crippen LogP) is 0.477. The van der Waals surface area contributed by atoms with Crippen molar-refractivity contribution in [2.24, 2.45) is 5.10 Å². The molecule has 0 unspecified atom stereocenters. The Labute approximate surface area is 114 Å². The van der Waals surface area contributed by atoms with Crippen LogP contribution in [0.15, 0.2) is 29.4 Å². The van der Waals surface area contributed by atoms with Crippen molar-refractivity contribution in [3.05, 3.63) is 39.9 Å². The Bertz CT molecular complexity index is 580. The quantitative estimate of drug-likeness (QED) is 0.614. The number of non-ortho nitro benzene ring substituents is 1. The number of nitrogens with zero attached hydrogens (tertiary/aromatic N) is 2. The number of nitrogens with one attached hydrogen (secondary N) is 2. The summed E-state index contributed by atoms with van der Waals surface area (Å²) in [6.07, 6.45) is 0.543. The lowest BCUT2D eigenvalue weighted by Gasteiger charge is -2.11. The van der Waals surface area contributed by atoms with Gasteiger partial charge < -0.3 is 5.32 Å². The van der Waals surface area contributed by atoms with Crippen molar-refractivity contribution in [1.29, 1.82) is 0 Å². The minimum absolute atomic E-state index is 0.000514. The van der Waals surface area contributed by atoms with Gasteiger partial charge in [-0.2, -0.15) is 5.10 Å². The molecular weight excluding hydrogens is 264 g/mol. The second kappa shape index (κ2) is 5.91. The summed E-state index contributed by atoms with van der Waals surface area (Å²) in [6, 6.07) is 5.89. The third-order valence-electron chi connectivity index (χ3n) is 2.77. The van der Waals surface area contributed by atoms with Crippen LogP contribution in [0.4, 0.5) is 5.69 Å². The average molecular weight is 276 g/mol. The van der Waals surface area contributed by atoms with Crippen LogP contribution in [0.2, 0.25) is 0 Å². The molecule has 8 heteroatoms. The number of carbonyl (C=O) groups excluding carboxylic acids is 2. The summed E-state index contributed by atoms with van der Waals surface area (Å²) in [6.45, 7) is 0.240. The van der Waals surface area contributed by atoms with Crippen molar-refractivity contribution in [2.75, 3.05) is 0 Å². The van der Waals surface area contributed by atoms with Gasteiger partial charge in [-0.3, -0.25) is 19.7 Å². The molecule has 0 bridgehead atoms. The van der Waals surface area contributed by atoms with Crippen LogP contribution in [0.25, 0.3) is 0 Å². The van der Waals surface area contributed by atoms with E-state index in [2.05, 4.69) is 15.8 Å². The number of nitro groups is 1. The number of nitro benzene ring substituents is 1. The van der Waals surface area contributed by atoms with Crippen LogP contribution < -0.4 is 10.7 Å². The second-order valence-corrected chi connectivity index (χ2v) is 4.20. The van der Waals surface area contributed by atoms with Gasteiger partial charge in [0.2, 0.25) is 5.91 Å². The van der Waals surface area contributed by atoms with E-state index in [-0.39, 0.29) is 36.2 Å². The fraction of sp³-hybridized carbons (Fsp3) is 0.250. The Morgan fingerprint density at radius 3 is 2.60 bits per heavy atom. The number of rotatable bonds is 4. The first-order valence-electron chi connectivity index (χ1n) is 5.93. The molecule has 0 aliphatic carbocycles. The highest BCUT2D eigenvalue weighted by Gasteiger charge is 2.17. The van der Waals surface area contributed by atoms with Crippen LogP contribution in [0.5, 0.6) is 0 Å². The topological polar surface area (TPSA) is 114 Å². The van der Waals surface area contributed by atoms with E-state index >= 15 is 0 Å². The summed E-state index contributed by atoms with van der Waals surface area (Å²) in [5, 5.41) is 16.8. The molecule has 1 aliphatic heterocycles. The molecule has 2 amide bonds. The van der Waals surface area contributed by atoms with E-state index < -0.39 is 4.92 Å². The highest BCUT2D eigenvalue weighted by molar-refractivity contribution is 6.39. The lowest BCUT2D eigenvalue weighted by atomic mass is 10.1. The first-order chi connectivity index (χ1) is 9.56. The Balaban J connectivity index is 1.90. The molecule has 0 saturated carbocycles. The molecule has 20 heavy (non-hydrogen) atoms. The van der Waals surface area contributed by atoms with E-state index in [1.54, 1.807) is 12.1 Å². The number of benzene rings is 1.